The summed E-state index contributed by atoms with van der Waals surface area (Å²) in [4.78, 5) is 13.9. The molecule has 2 unspecified atom stereocenters. The molecule has 170 valence electrons. The number of hydrogen-bond donors (Lipinski definition) is 4. The number of aromatic nitrogens is 2. The normalized spacial score (nSPS) is 28.6. The Balaban J connectivity index is 1.47. The SMILES string of the molecule is OC1CCC(Nc2ncc3c(n2)[NH+](C2CCOC2)C(=Nc2c(F)cc(F)cc2F)N3)CC1. The first-order valence-electron chi connectivity index (χ1n) is 10.7. The van der Waals surface area contributed by atoms with Crippen LogP contribution in [0.4, 0.5) is 36.3 Å². The fraction of sp³-hybridized carbons (Fsp3) is 0.476. The van der Waals surface area contributed by atoms with E-state index in [1.165, 1.54) is 0 Å². The molecular formula is C21H24F3N6O2+. The monoisotopic (exact) mass is 449 g/mol. The number of quaternary nitrogens is 1. The van der Waals surface area contributed by atoms with Gasteiger partial charge in [-0.25, -0.2) is 23.1 Å². The molecule has 2 aliphatic heterocycles. The number of rotatable bonds is 4. The largest absolute Gasteiger partial charge is 0.393 e. The molecule has 2 fully saturated rings. The number of aliphatic hydroxyl groups is 1. The average Bonchev–Trinajstić information content (AvgIpc) is 3.39. The van der Waals surface area contributed by atoms with Crippen molar-refractivity contribution < 1.29 is 27.9 Å². The number of anilines is 2. The van der Waals surface area contributed by atoms with Crippen LogP contribution in [0.3, 0.4) is 0 Å². The lowest BCUT2D eigenvalue weighted by Crippen LogP contribution is -3.13. The lowest BCUT2D eigenvalue weighted by Gasteiger charge is -2.26. The lowest BCUT2D eigenvalue weighted by molar-refractivity contribution is -0.760. The topological polar surface area (TPSA) is 96.1 Å². The van der Waals surface area contributed by atoms with E-state index >= 15 is 0 Å². The molecule has 0 bridgehead atoms. The molecule has 0 amide bonds. The van der Waals surface area contributed by atoms with Gasteiger partial charge >= 0.3 is 5.96 Å². The summed E-state index contributed by atoms with van der Waals surface area (Å²) in [6.45, 7) is 1.01. The van der Waals surface area contributed by atoms with E-state index in [4.69, 9.17) is 4.74 Å². The quantitative estimate of drug-likeness (QED) is 0.571. The second-order valence-corrected chi connectivity index (χ2v) is 8.38. The highest BCUT2D eigenvalue weighted by Gasteiger charge is 2.42. The van der Waals surface area contributed by atoms with E-state index in [-0.39, 0.29) is 24.1 Å². The molecule has 3 heterocycles. The lowest BCUT2D eigenvalue weighted by atomic mass is 9.93. The number of aliphatic imine (C=N–C) groups is 1. The summed E-state index contributed by atoms with van der Waals surface area (Å²) in [6, 6.07) is 1.32. The van der Waals surface area contributed by atoms with Crippen LogP contribution in [-0.2, 0) is 4.74 Å². The summed E-state index contributed by atoms with van der Waals surface area (Å²) in [6.07, 6.45) is 5.17. The Hall–Kier alpha value is -2.76. The highest BCUT2D eigenvalue weighted by atomic mass is 19.1. The third kappa shape index (κ3) is 4.15. The van der Waals surface area contributed by atoms with Gasteiger partial charge < -0.3 is 15.2 Å². The van der Waals surface area contributed by atoms with E-state index < -0.39 is 23.1 Å². The van der Waals surface area contributed by atoms with Crippen LogP contribution in [0.25, 0.3) is 0 Å². The molecule has 2 aromatic rings. The molecule has 3 aliphatic rings. The smallest absolute Gasteiger partial charge is 0.312 e. The average molecular weight is 449 g/mol. The molecular weight excluding hydrogens is 425 g/mol. The van der Waals surface area contributed by atoms with E-state index in [0.717, 1.165) is 32.1 Å². The zero-order chi connectivity index (χ0) is 22.2. The Kier molecular flexibility index (Phi) is 5.70. The number of ether oxygens (including phenoxy) is 1. The van der Waals surface area contributed by atoms with E-state index in [2.05, 4.69) is 25.6 Å². The van der Waals surface area contributed by atoms with Gasteiger partial charge in [-0.15, -0.1) is 0 Å². The maximum absolute atomic E-state index is 14.2. The predicted molar refractivity (Wildman–Crippen MR) is 111 cm³/mol. The summed E-state index contributed by atoms with van der Waals surface area (Å²) in [5.74, 6) is -1.85. The fourth-order valence-electron chi connectivity index (χ4n) is 4.45. The van der Waals surface area contributed by atoms with Gasteiger partial charge in [-0.05, 0) is 25.7 Å². The molecule has 8 nitrogen and oxygen atoms in total. The standard InChI is InChI=1S/C21H23F3N6O2/c22-11-7-15(23)18(16(24)8-11)28-21-27-17-9-25-20(26-12-1-3-14(31)4-2-12)29-19(17)30(21)13-5-6-32-10-13/h7-9,12-14,31H,1-6,10H2,(H,27,28)(H,25,26,29)/p+1. The third-order valence-corrected chi connectivity index (χ3v) is 6.13. The number of fused-ring (bicyclic) bond motifs is 1. The minimum absolute atomic E-state index is 0.0540. The number of hydrogen-bond acceptors (Lipinski definition) is 6. The van der Waals surface area contributed by atoms with E-state index in [1.54, 1.807) is 6.20 Å². The van der Waals surface area contributed by atoms with Crippen LogP contribution in [0, 0.1) is 17.5 Å². The van der Waals surface area contributed by atoms with Gasteiger partial charge in [0.1, 0.15) is 23.2 Å². The van der Waals surface area contributed by atoms with Crippen molar-refractivity contribution in [2.45, 2.75) is 50.3 Å². The van der Waals surface area contributed by atoms with Gasteiger partial charge in [0, 0.05) is 24.6 Å². The van der Waals surface area contributed by atoms with Crippen molar-refractivity contribution in [3.8, 4) is 0 Å². The number of nitrogens with zero attached hydrogens (tertiary/aromatic N) is 3. The maximum atomic E-state index is 14.2. The minimum atomic E-state index is -1.08. The molecule has 0 spiro atoms. The van der Waals surface area contributed by atoms with Crippen molar-refractivity contribution >= 4 is 29.1 Å². The van der Waals surface area contributed by atoms with Crippen LogP contribution in [0.5, 0.6) is 0 Å². The highest BCUT2D eigenvalue weighted by Crippen LogP contribution is 2.27. The second-order valence-electron chi connectivity index (χ2n) is 8.38. The first kappa shape index (κ1) is 21.1. The highest BCUT2D eigenvalue weighted by molar-refractivity contribution is 5.96. The number of guanidine groups is 1. The van der Waals surface area contributed by atoms with Crippen LogP contribution in [0.1, 0.15) is 32.1 Å². The van der Waals surface area contributed by atoms with Gasteiger partial charge in [0.05, 0.1) is 25.5 Å². The van der Waals surface area contributed by atoms with Gasteiger partial charge in [0.15, 0.2) is 11.6 Å². The molecule has 5 rings (SSSR count). The molecule has 1 aromatic carbocycles. The Bertz CT molecular complexity index is 1020. The van der Waals surface area contributed by atoms with E-state index in [0.29, 0.717) is 47.7 Å². The van der Waals surface area contributed by atoms with Crippen LogP contribution in [0.15, 0.2) is 23.3 Å². The van der Waals surface area contributed by atoms with Gasteiger partial charge in [0.2, 0.25) is 5.95 Å². The molecule has 32 heavy (non-hydrogen) atoms. The molecule has 1 aliphatic carbocycles. The number of aliphatic hydroxyl groups excluding tert-OH is 1. The van der Waals surface area contributed by atoms with Gasteiger partial charge in [-0.3, -0.25) is 5.32 Å². The fourth-order valence-corrected chi connectivity index (χ4v) is 4.45. The molecule has 11 heteroatoms. The Labute approximate surface area is 182 Å². The van der Waals surface area contributed by atoms with Crippen LogP contribution in [-0.4, -0.2) is 52.4 Å². The maximum Gasteiger partial charge on any atom is 0.312 e. The molecule has 0 radical (unpaired) electrons. The van der Waals surface area contributed by atoms with E-state index in [1.807, 2.05) is 0 Å². The van der Waals surface area contributed by atoms with Crippen molar-refractivity contribution in [2.75, 3.05) is 23.8 Å². The Morgan fingerprint density at radius 2 is 1.88 bits per heavy atom. The van der Waals surface area contributed by atoms with Crippen molar-refractivity contribution in [1.82, 2.24) is 9.97 Å². The third-order valence-electron chi connectivity index (χ3n) is 6.13. The second kappa shape index (κ2) is 8.64. The van der Waals surface area contributed by atoms with Crippen molar-refractivity contribution in [1.29, 1.82) is 0 Å². The Morgan fingerprint density at radius 3 is 2.56 bits per heavy atom. The molecule has 4 N–H and O–H groups in total. The molecule has 1 saturated heterocycles. The molecule has 1 aromatic heterocycles. The van der Waals surface area contributed by atoms with Crippen LogP contribution >= 0.6 is 0 Å². The number of benzene rings is 1. The Morgan fingerprint density at radius 1 is 1.12 bits per heavy atom. The number of nitrogens with one attached hydrogen (secondary N) is 3. The van der Waals surface area contributed by atoms with Crippen LogP contribution in [0.2, 0.25) is 0 Å². The zero-order valence-electron chi connectivity index (χ0n) is 17.2. The van der Waals surface area contributed by atoms with Gasteiger partial charge in [-0.1, -0.05) is 0 Å². The van der Waals surface area contributed by atoms with Gasteiger partial charge in [-0.2, -0.15) is 9.98 Å². The molecule has 2 atom stereocenters. The summed E-state index contributed by atoms with van der Waals surface area (Å²) < 4.78 is 47.3. The van der Waals surface area contributed by atoms with E-state index in [9.17, 15) is 18.3 Å². The summed E-state index contributed by atoms with van der Waals surface area (Å²) in [5.41, 5.74) is 0.0170. The first-order chi connectivity index (χ1) is 15.5. The zero-order valence-corrected chi connectivity index (χ0v) is 17.2. The summed E-state index contributed by atoms with van der Waals surface area (Å²) >= 11 is 0. The predicted octanol–water partition coefficient (Wildman–Crippen LogP) is 2.03. The van der Waals surface area contributed by atoms with Gasteiger partial charge in [0.25, 0.3) is 5.82 Å². The van der Waals surface area contributed by atoms with Crippen molar-refractivity contribution in [3.63, 3.8) is 0 Å². The first-order valence-corrected chi connectivity index (χ1v) is 10.7. The molecule has 1 saturated carbocycles. The van der Waals surface area contributed by atoms with Crippen molar-refractivity contribution in [2.24, 2.45) is 4.99 Å². The van der Waals surface area contributed by atoms with Crippen LogP contribution < -0.4 is 15.5 Å². The summed E-state index contributed by atoms with van der Waals surface area (Å²) in [5, 5.41) is 16.1. The minimum Gasteiger partial charge on any atom is -0.393 e. The summed E-state index contributed by atoms with van der Waals surface area (Å²) in [7, 11) is 0. The number of halogens is 3. The van der Waals surface area contributed by atoms with Crippen molar-refractivity contribution in [3.05, 3.63) is 35.8 Å².